The Labute approximate surface area is 94.4 Å². The fourth-order valence-electron chi connectivity index (χ4n) is 1.69. The zero-order valence-electron chi connectivity index (χ0n) is 10.3. The third-order valence-electron chi connectivity index (χ3n) is 2.92. The van der Waals surface area contributed by atoms with E-state index in [4.69, 9.17) is 5.73 Å². The Morgan fingerprint density at radius 3 is 2.07 bits per heavy atom. The molecule has 92 valence electrons. The van der Waals surface area contributed by atoms with Gasteiger partial charge < -0.3 is 5.73 Å². The highest BCUT2D eigenvalue weighted by Gasteiger charge is 2.21. The van der Waals surface area contributed by atoms with Gasteiger partial charge >= 0.3 is 0 Å². The van der Waals surface area contributed by atoms with Crippen LogP contribution in [0.1, 0.15) is 52.4 Å². The van der Waals surface area contributed by atoms with Crippen LogP contribution in [0.15, 0.2) is 0 Å². The van der Waals surface area contributed by atoms with Gasteiger partial charge in [-0.05, 0) is 25.7 Å². The molecule has 1 atom stereocenters. The van der Waals surface area contributed by atoms with Crippen molar-refractivity contribution in [1.82, 2.24) is 0 Å². The van der Waals surface area contributed by atoms with Gasteiger partial charge in [0.15, 0.2) is 0 Å². The molecule has 0 heterocycles. The second-order valence-corrected chi connectivity index (χ2v) is 6.81. The number of sulfone groups is 1. The molecule has 0 radical (unpaired) electrons. The highest BCUT2D eigenvalue weighted by molar-refractivity contribution is 7.90. The van der Waals surface area contributed by atoms with Crippen LogP contribution in [0.3, 0.4) is 0 Å². The smallest absolute Gasteiger partial charge is 0.147 e. The van der Waals surface area contributed by atoms with Crippen molar-refractivity contribution in [2.75, 3.05) is 12.0 Å². The highest BCUT2D eigenvalue weighted by atomic mass is 32.2. The molecule has 0 aromatic carbocycles. The molecule has 3 nitrogen and oxygen atoms in total. The summed E-state index contributed by atoms with van der Waals surface area (Å²) in [5.74, 6) is 0.262. The molecule has 0 spiro atoms. The molecule has 4 heteroatoms. The number of unbranched alkanes of at least 4 members (excludes halogenated alkanes) is 1. The summed E-state index contributed by atoms with van der Waals surface area (Å²) in [5.41, 5.74) is 6.07. The van der Waals surface area contributed by atoms with Crippen LogP contribution in [0.4, 0.5) is 0 Å². The average molecular weight is 235 g/mol. The quantitative estimate of drug-likeness (QED) is 0.701. The Morgan fingerprint density at radius 2 is 1.67 bits per heavy atom. The van der Waals surface area contributed by atoms with Gasteiger partial charge in [-0.3, -0.25) is 0 Å². The normalized spacial score (nSPS) is 16.3. The summed E-state index contributed by atoms with van der Waals surface area (Å²) in [7, 11) is -2.83. The van der Waals surface area contributed by atoms with E-state index in [1.807, 2.05) is 0 Å². The van der Waals surface area contributed by atoms with Crippen LogP contribution in [0, 0.1) is 0 Å². The molecule has 15 heavy (non-hydrogen) atoms. The molecule has 0 aromatic heterocycles. The zero-order valence-corrected chi connectivity index (χ0v) is 11.1. The van der Waals surface area contributed by atoms with Crippen molar-refractivity contribution >= 4 is 9.84 Å². The van der Waals surface area contributed by atoms with E-state index in [-0.39, 0.29) is 11.3 Å². The minimum atomic E-state index is -2.83. The van der Waals surface area contributed by atoms with E-state index in [2.05, 4.69) is 13.8 Å². The summed E-state index contributed by atoms with van der Waals surface area (Å²) in [6.45, 7) is 4.22. The van der Waals surface area contributed by atoms with Gasteiger partial charge in [-0.2, -0.15) is 0 Å². The summed E-state index contributed by atoms with van der Waals surface area (Å²) >= 11 is 0. The zero-order chi connectivity index (χ0) is 11.9. The predicted octanol–water partition coefficient (Wildman–Crippen LogP) is 2.11. The van der Waals surface area contributed by atoms with Gasteiger partial charge in [0.1, 0.15) is 9.84 Å². The maximum atomic E-state index is 11.0. The summed E-state index contributed by atoms with van der Waals surface area (Å²) in [6, 6.07) is 0. The number of hydrogen-bond acceptors (Lipinski definition) is 3. The van der Waals surface area contributed by atoms with Gasteiger partial charge in [0.25, 0.3) is 0 Å². The lowest BCUT2D eigenvalue weighted by Crippen LogP contribution is -2.39. The van der Waals surface area contributed by atoms with Crippen molar-refractivity contribution in [3.63, 3.8) is 0 Å². The SMILES string of the molecule is CCCCC(N)(CC)CCCS(C)(=O)=O. The van der Waals surface area contributed by atoms with E-state index in [1.54, 1.807) is 0 Å². The number of hydrogen-bond donors (Lipinski definition) is 1. The standard InChI is InChI=1S/C11H25NO2S/c1-4-6-8-11(12,5-2)9-7-10-15(3,13)14/h4-10,12H2,1-3H3. The van der Waals surface area contributed by atoms with E-state index in [1.165, 1.54) is 6.26 Å². The predicted molar refractivity (Wildman–Crippen MR) is 65.7 cm³/mol. The van der Waals surface area contributed by atoms with Crippen LogP contribution < -0.4 is 5.73 Å². The third kappa shape index (κ3) is 7.79. The van der Waals surface area contributed by atoms with E-state index in [9.17, 15) is 8.42 Å². The first-order valence-electron chi connectivity index (χ1n) is 5.79. The molecule has 0 fully saturated rings. The summed E-state index contributed by atoms with van der Waals surface area (Å²) < 4.78 is 22.0. The first-order valence-corrected chi connectivity index (χ1v) is 7.85. The second-order valence-electron chi connectivity index (χ2n) is 4.55. The van der Waals surface area contributed by atoms with Crippen molar-refractivity contribution in [1.29, 1.82) is 0 Å². The summed E-state index contributed by atoms with van der Waals surface area (Å²) in [4.78, 5) is 0. The van der Waals surface area contributed by atoms with Crippen LogP contribution in [-0.2, 0) is 9.84 Å². The van der Waals surface area contributed by atoms with Crippen molar-refractivity contribution in [2.24, 2.45) is 5.73 Å². The minimum absolute atomic E-state index is 0.152. The van der Waals surface area contributed by atoms with Gasteiger partial charge in [0.05, 0.1) is 0 Å². The first-order chi connectivity index (χ1) is 6.83. The molecule has 0 aliphatic heterocycles. The van der Waals surface area contributed by atoms with Crippen LogP contribution >= 0.6 is 0 Å². The van der Waals surface area contributed by atoms with Crippen LogP contribution in [-0.4, -0.2) is 26.0 Å². The van der Waals surface area contributed by atoms with Crippen molar-refractivity contribution in [2.45, 2.75) is 57.9 Å². The number of nitrogens with two attached hydrogens (primary N) is 1. The molecular weight excluding hydrogens is 210 g/mol. The van der Waals surface area contributed by atoms with Gasteiger partial charge in [0.2, 0.25) is 0 Å². The van der Waals surface area contributed by atoms with E-state index >= 15 is 0 Å². The van der Waals surface area contributed by atoms with Gasteiger partial charge in [0, 0.05) is 17.5 Å². The highest BCUT2D eigenvalue weighted by Crippen LogP contribution is 2.21. The van der Waals surface area contributed by atoms with Crippen molar-refractivity contribution < 1.29 is 8.42 Å². The fourth-order valence-corrected chi connectivity index (χ4v) is 2.36. The second kappa shape index (κ2) is 6.48. The Kier molecular flexibility index (Phi) is 6.44. The maximum Gasteiger partial charge on any atom is 0.147 e. The van der Waals surface area contributed by atoms with E-state index in [0.717, 1.165) is 32.1 Å². The molecule has 1 unspecified atom stereocenters. The third-order valence-corrected chi connectivity index (χ3v) is 3.95. The largest absolute Gasteiger partial charge is 0.325 e. The lowest BCUT2D eigenvalue weighted by Gasteiger charge is -2.28. The van der Waals surface area contributed by atoms with Crippen LogP contribution in [0.5, 0.6) is 0 Å². The first kappa shape index (κ1) is 14.9. The molecule has 2 N–H and O–H groups in total. The topological polar surface area (TPSA) is 60.2 Å². The minimum Gasteiger partial charge on any atom is -0.325 e. The molecule has 0 aromatic rings. The van der Waals surface area contributed by atoms with E-state index in [0.29, 0.717) is 6.42 Å². The Bertz CT molecular complexity index is 262. The summed E-state index contributed by atoms with van der Waals surface area (Å²) in [6.07, 6.45) is 6.99. The lowest BCUT2D eigenvalue weighted by atomic mass is 9.87. The summed E-state index contributed by atoms with van der Waals surface area (Å²) in [5, 5.41) is 0. The van der Waals surface area contributed by atoms with Crippen molar-refractivity contribution in [3.05, 3.63) is 0 Å². The van der Waals surface area contributed by atoms with Gasteiger partial charge in [-0.25, -0.2) is 8.42 Å². The molecular formula is C11H25NO2S. The molecule has 0 saturated carbocycles. The van der Waals surface area contributed by atoms with Crippen molar-refractivity contribution in [3.8, 4) is 0 Å². The molecule has 0 amide bonds. The monoisotopic (exact) mass is 235 g/mol. The van der Waals surface area contributed by atoms with Gasteiger partial charge in [-0.1, -0.05) is 26.7 Å². The van der Waals surface area contributed by atoms with Crippen LogP contribution in [0.2, 0.25) is 0 Å². The Balaban J connectivity index is 3.98. The number of rotatable bonds is 8. The average Bonchev–Trinajstić information content (AvgIpc) is 2.13. The fraction of sp³-hybridized carbons (Fsp3) is 1.00. The Hall–Kier alpha value is -0.0900. The molecule has 0 bridgehead atoms. The molecule has 0 saturated heterocycles. The van der Waals surface area contributed by atoms with Crippen LogP contribution in [0.25, 0.3) is 0 Å². The Morgan fingerprint density at radius 1 is 1.13 bits per heavy atom. The lowest BCUT2D eigenvalue weighted by molar-refractivity contribution is 0.339. The van der Waals surface area contributed by atoms with E-state index < -0.39 is 9.84 Å². The molecule has 0 aliphatic rings. The maximum absolute atomic E-state index is 11.0. The van der Waals surface area contributed by atoms with Gasteiger partial charge in [-0.15, -0.1) is 0 Å². The molecule has 0 rings (SSSR count). The molecule has 0 aliphatic carbocycles.